The summed E-state index contributed by atoms with van der Waals surface area (Å²) in [7, 11) is 0. The molecule has 3 aromatic carbocycles. The molecule has 3 rings (SSSR count). The van der Waals surface area contributed by atoms with E-state index in [0.717, 1.165) is 4.44 Å². The van der Waals surface area contributed by atoms with E-state index in [9.17, 15) is 9.59 Å². The molecule has 0 radical (unpaired) electrons. The average molecular weight is 563 g/mol. The zero-order valence-corrected chi connectivity index (χ0v) is 22.7. The van der Waals surface area contributed by atoms with Crippen LogP contribution in [0, 0.1) is 5.92 Å². The molecule has 0 aliphatic rings. The van der Waals surface area contributed by atoms with E-state index in [-0.39, 0.29) is 19.6 Å². The number of benzene rings is 3. The van der Waals surface area contributed by atoms with Gasteiger partial charge < -0.3 is 0 Å². The molecule has 4 nitrogen and oxygen atoms in total. The van der Waals surface area contributed by atoms with Gasteiger partial charge in [0.2, 0.25) is 0 Å². The van der Waals surface area contributed by atoms with Crippen LogP contribution >= 0.6 is 0 Å². The van der Waals surface area contributed by atoms with Gasteiger partial charge in [-0.1, -0.05) is 0 Å². The topological polar surface area (TPSA) is 52.6 Å². The zero-order chi connectivity index (χ0) is 24.2. The van der Waals surface area contributed by atoms with Gasteiger partial charge in [-0.15, -0.1) is 0 Å². The standard InChI is InChI=1S/C11H17O4.3C6H5.Sn/c1-4-7-8-9(10(12)14-5-2)11(13)15-6-3;3*1-2-4-6-5-3-1;/h4,7,9H,1,5-6,8H2,2-3H3;3*1-5H;/b7-4+;;;;. The van der Waals surface area contributed by atoms with Crippen molar-refractivity contribution in [1.82, 2.24) is 0 Å². The van der Waals surface area contributed by atoms with Gasteiger partial charge in [-0.2, -0.15) is 0 Å². The van der Waals surface area contributed by atoms with Crippen molar-refractivity contribution < 1.29 is 19.1 Å². The van der Waals surface area contributed by atoms with Crippen LogP contribution in [0.25, 0.3) is 0 Å². The number of carbonyl (C=O) groups excluding carboxylic acids is 2. The fourth-order valence-electron chi connectivity index (χ4n) is 4.29. The minimum absolute atomic E-state index is 0.230. The van der Waals surface area contributed by atoms with Crippen LogP contribution in [-0.4, -0.2) is 43.5 Å². The summed E-state index contributed by atoms with van der Waals surface area (Å²) in [6, 6.07) is 32.2. The summed E-state index contributed by atoms with van der Waals surface area (Å²) >= 11 is -3.41. The molecule has 34 heavy (non-hydrogen) atoms. The van der Waals surface area contributed by atoms with Gasteiger partial charge in [0.05, 0.1) is 0 Å². The fraction of sp³-hybridized carbons (Fsp3) is 0.241. The normalized spacial score (nSPS) is 11.5. The molecule has 0 unspecified atom stereocenters. The van der Waals surface area contributed by atoms with Gasteiger partial charge in [0.25, 0.3) is 0 Å². The van der Waals surface area contributed by atoms with Crippen molar-refractivity contribution in [1.29, 1.82) is 0 Å². The quantitative estimate of drug-likeness (QED) is 0.154. The fourth-order valence-corrected chi connectivity index (χ4v) is 17.2. The van der Waals surface area contributed by atoms with Crippen LogP contribution in [0.3, 0.4) is 0 Å². The first-order valence-electron chi connectivity index (χ1n) is 11.8. The van der Waals surface area contributed by atoms with E-state index in [4.69, 9.17) is 9.47 Å². The van der Waals surface area contributed by atoms with Crippen molar-refractivity contribution in [3.8, 4) is 0 Å². The SMILES string of the molecule is CCOC(=O)C(C/C=C/[CH2][Sn]([c]1ccccc1)([c]1ccccc1)[c]1ccccc1)C(=O)OCC. The van der Waals surface area contributed by atoms with Gasteiger partial charge in [-0.25, -0.2) is 0 Å². The van der Waals surface area contributed by atoms with Gasteiger partial charge >= 0.3 is 207 Å². The maximum absolute atomic E-state index is 12.4. The third kappa shape index (κ3) is 6.17. The molecule has 0 amide bonds. The number of hydrogen-bond donors (Lipinski definition) is 0. The second-order valence-corrected chi connectivity index (χ2v) is 19.2. The molecular formula is C29H32O4Sn. The van der Waals surface area contributed by atoms with Crippen LogP contribution in [0.1, 0.15) is 20.3 Å². The van der Waals surface area contributed by atoms with Gasteiger partial charge in [0.15, 0.2) is 0 Å². The summed E-state index contributed by atoms with van der Waals surface area (Å²) in [5.74, 6) is -2.00. The summed E-state index contributed by atoms with van der Waals surface area (Å²) in [5.41, 5.74) is 0. The summed E-state index contributed by atoms with van der Waals surface area (Å²) < 4.78 is 15.2. The molecule has 0 spiro atoms. The van der Waals surface area contributed by atoms with E-state index >= 15 is 0 Å². The Hall–Kier alpha value is -2.86. The molecule has 5 heteroatoms. The van der Waals surface area contributed by atoms with Gasteiger partial charge in [0, 0.05) is 0 Å². The van der Waals surface area contributed by atoms with Gasteiger partial charge in [-0.3, -0.25) is 0 Å². The summed E-state index contributed by atoms with van der Waals surface area (Å²) in [5, 5.41) is 0. The molecule has 0 bridgehead atoms. The van der Waals surface area contributed by atoms with E-state index in [0.29, 0.717) is 0 Å². The molecule has 0 N–H and O–H groups in total. The number of ether oxygens (including phenoxy) is 2. The third-order valence-corrected chi connectivity index (χ3v) is 19.6. The molecular weight excluding hydrogens is 531 g/mol. The Labute approximate surface area is 206 Å². The van der Waals surface area contributed by atoms with E-state index in [1.165, 1.54) is 10.7 Å². The van der Waals surface area contributed by atoms with Crippen molar-refractivity contribution >= 4 is 41.1 Å². The van der Waals surface area contributed by atoms with Crippen molar-refractivity contribution in [2.75, 3.05) is 13.2 Å². The van der Waals surface area contributed by atoms with E-state index < -0.39 is 36.2 Å². The Morgan fingerprint density at radius 2 is 1.06 bits per heavy atom. The predicted octanol–water partition coefficient (Wildman–Crippen LogP) is 3.85. The van der Waals surface area contributed by atoms with E-state index in [1.54, 1.807) is 13.8 Å². The molecule has 0 aliphatic carbocycles. The number of esters is 2. The van der Waals surface area contributed by atoms with Crippen molar-refractivity contribution in [2.45, 2.75) is 24.7 Å². The van der Waals surface area contributed by atoms with Crippen molar-refractivity contribution in [3.63, 3.8) is 0 Å². The summed E-state index contributed by atoms with van der Waals surface area (Å²) in [6.07, 6.45) is 4.35. The molecule has 0 aliphatic heterocycles. The summed E-state index contributed by atoms with van der Waals surface area (Å²) in [4.78, 5) is 24.7. The molecule has 0 fully saturated rings. The van der Waals surface area contributed by atoms with Crippen LogP contribution in [0.15, 0.2) is 103 Å². The molecule has 0 saturated carbocycles. The van der Waals surface area contributed by atoms with Crippen LogP contribution in [0.5, 0.6) is 0 Å². The number of carbonyl (C=O) groups is 2. The first-order valence-corrected chi connectivity index (χ1v) is 18.1. The first kappa shape index (κ1) is 25.8. The average Bonchev–Trinajstić information content (AvgIpc) is 2.88. The van der Waals surface area contributed by atoms with Crippen LogP contribution in [0.4, 0.5) is 0 Å². The van der Waals surface area contributed by atoms with Crippen LogP contribution in [-0.2, 0) is 19.1 Å². The third-order valence-electron chi connectivity index (χ3n) is 5.90. The van der Waals surface area contributed by atoms with Crippen LogP contribution in [0.2, 0.25) is 4.44 Å². The Morgan fingerprint density at radius 3 is 1.41 bits per heavy atom. The maximum atomic E-state index is 12.4. The van der Waals surface area contributed by atoms with Gasteiger partial charge in [0.1, 0.15) is 0 Å². The number of allylic oxidation sites excluding steroid dienone is 2. The zero-order valence-electron chi connectivity index (χ0n) is 19.9. The van der Waals surface area contributed by atoms with Crippen molar-refractivity contribution in [3.05, 3.63) is 103 Å². The molecule has 0 aromatic heterocycles. The molecule has 0 saturated heterocycles. The monoisotopic (exact) mass is 564 g/mol. The second kappa shape index (κ2) is 13.1. The minimum atomic E-state index is -3.41. The van der Waals surface area contributed by atoms with Crippen molar-refractivity contribution in [2.24, 2.45) is 5.92 Å². The Bertz CT molecular complexity index is 950. The van der Waals surface area contributed by atoms with E-state index in [1.807, 2.05) is 6.08 Å². The van der Waals surface area contributed by atoms with Gasteiger partial charge in [-0.05, 0) is 0 Å². The Balaban J connectivity index is 1.99. The predicted molar refractivity (Wildman–Crippen MR) is 139 cm³/mol. The Morgan fingerprint density at radius 1 is 0.676 bits per heavy atom. The summed E-state index contributed by atoms with van der Waals surface area (Å²) in [6.45, 7) is 3.93. The number of hydrogen-bond acceptors (Lipinski definition) is 4. The molecule has 176 valence electrons. The molecule has 3 aromatic rings. The molecule has 0 heterocycles. The first-order chi connectivity index (χ1) is 16.6. The number of rotatable bonds is 11. The van der Waals surface area contributed by atoms with E-state index in [2.05, 4.69) is 97.1 Å². The second-order valence-electron chi connectivity index (χ2n) is 7.97. The Kier molecular flexibility index (Phi) is 9.95. The molecule has 0 atom stereocenters. The van der Waals surface area contributed by atoms with Crippen LogP contribution < -0.4 is 10.7 Å².